The predicted molar refractivity (Wildman–Crippen MR) is 262 cm³/mol. The molecule has 0 amide bonds. The lowest BCUT2D eigenvalue weighted by atomic mass is 9.79. The highest BCUT2D eigenvalue weighted by molar-refractivity contribution is 5.98. The van der Waals surface area contributed by atoms with E-state index in [1.54, 1.807) is 54.6 Å². The number of phenolic OH excluding ortho intramolecular Hbond substituents is 1. The summed E-state index contributed by atoms with van der Waals surface area (Å²) in [5, 5.41) is 13.1. The van der Waals surface area contributed by atoms with E-state index < -0.39 is 116 Å². The molecular weight excluding hydrogens is 755 g/mol. The lowest BCUT2D eigenvalue weighted by molar-refractivity contribution is 0.446. The van der Waals surface area contributed by atoms with Crippen molar-refractivity contribution in [3.63, 3.8) is 0 Å². The summed E-state index contributed by atoms with van der Waals surface area (Å²) in [4.78, 5) is 9.83. The Morgan fingerprint density at radius 1 is 0.629 bits per heavy atom. The Morgan fingerprint density at radius 3 is 2.06 bits per heavy atom. The molecule has 0 fully saturated rings. The van der Waals surface area contributed by atoms with Gasteiger partial charge >= 0.3 is 0 Å². The number of rotatable bonds is 8. The van der Waals surface area contributed by atoms with E-state index in [9.17, 15) is 5.11 Å². The molecule has 0 aliphatic heterocycles. The molecule has 0 bridgehead atoms. The summed E-state index contributed by atoms with van der Waals surface area (Å²) in [6, 6.07) is 26.5. The smallest absolute Gasteiger partial charge is 0.149 e. The van der Waals surface area contributed by atoms with Gasteiger partial charge in [-0.3, -0.25) is 9.55 Å². The predicted octanol–water partition coefficient (Wildman–Crippen LogP) is 15.6. The molecule has 62 heavy (non-hydrogen) atoms. The fraction of sp³-hybridized carbons (Fsp3) is 0.276. The highest BCUT2D eigenvalue weighted by atomic mass is 16.3. The van der Waals surface area contributed by atoms with E-state index in [0.717, 1.165) is 11.1 Å². The van der Waals surface area contributed by atoms with E-state index in [1.165, 1.54) is 16.8 Å². The Morgan fingerprint density at radius 2 is 1.35 bits per heavy atom. The number of phenols is 1. The number of pyridine rings is 1. The van der Waals surface area contributed by atoms with Crippen LogP contribution in [0.1, 0.15) is 130 Å². The molecule has 8 aromatic rings. The summed E-state index contributed by atoms with van der Waals surface area (Å²) in [5.41, 5.74) is -7.28. The molecule has 2 aromatic heterocycles. The standard InChI is InChI=1S/C58H61N3O/c1-37(2)29-38-25-26-51(47(30-38)40-21-16-13-17-22-40)61-52-24-18-23-46(53(52)60-55(61)48-35-45(57(6,7)8)36-49(54(48)62)58(9,10)11)42-31-43(33-44(32-42)56(3,4)5)50-34-41(27-28-59-50)39-19-14-12-15-20-39/h12-28,30-37,62H,29H2,1-11H3/i6D3,7D3,8D3,9D3,10D3,11D3,12D,14D,15D,19D,20D. The molecule has 1 N–H and O–H groups in total. The minimum Gasteiger partial charge on any atom is -0.507 e. The number of benzene rings is 6. The summed E-state index contributed by atoms with van der Waals surface area (Å²) in [6.45, 7) is -14.9. The van der Waals surface area contributed by atoms with Crippen LogP contribution in [0.3, 0.4) is 0 Å². The van der Waals surface area contributed by atoms with Crippen LogP contribution in [0.25, 0.3) is 72.7 Å². The van der Waals surface area contributed by atoms with Crippen LogP contribution in [-0.4, -0.2) is 19.6 Å². The van der Waals surface area contributed by atoms with Gasteiger partial charge in [-0.25, -0.2) is 4.98 Å². The van der Waals surface area contributed by atoms with Gasteiger partial charge in [-0.15, -0.1) is 0 Å². The molecule has 0 saturated heterocycles. The zero-order chi connectivity index (χ0) is 63.5. The molecule has 314 valence electrons. The van der Waals surface area contributed by atoms with E-state index in [-0.39, 0.29) is 39.8 Å². The number of para-hydroxylation sites is 1. The van der Waals surface area contributed by atoms with Crippen molar-refractivity contribution in [3.8, 4) is 67.5 Å². The van der Waals surface area contributed by atoms with Gasteiger partial charge in [0, 0.05) is 53.1 Å². The Bertz CT molecular complexity index is 3780. The molecule has 6 aromatic carbocycles. The maximum Gasteiger partial charge on any atom is 0.149 e. The molecule has 4 nitrogen and oxygen atoms in total. The summed E-state index contributed by atoms with van der Waals surface area (Å²) in [5.74, 6) is -1.72. The van der Waals surface area contributed by atoms with Gasteiger partial charge in [0.05, 0.1) is 34.8 Å². The van der Waals surface area contributed by atoms with E-state index >= 15 is 0 Å². The van der Waals surface area contributed by atoms with Crippen molar-refractivity contribution in [3.05, 3.63) is 168 Å². The first-order valence-corrected chi connectivity index (χ1v) is 20.2. The lowest BCUT2D eigenvalue weighted by Crippen LogP contribution is -2.17. The molecule has 8 rings (SSSR count). The van der Waals surface area contributed by atoms with Crippen LogP contribution in [0.4, 0.5) is 0 Å². The van der Waals surface area contributed by atoms with Crippen LogP contribution in [-0.2, 0) is 22.7 Å². The first-order chi connectivity index (χ1) is 38.9. The van der Waals surface area contributed by atoms with Crippen molar-refractivity contribution in [2.45, 2.75) is 98.4 Å². The topological polar surface area (TPSA) is 50.9 Å². The van der Waals surface area contributed by atoms with Crippen molar-refractivity contribution in [1.29, 1.82) is 0 Å². The highest BCUT2D eigenvalue weighted by Gasteiger charge is 2.29. The number of aromatic hydroxyl groups is 1. The minimum absolute atomic E-state index is 0.0602. The first-order valence-electron chi connectivity index (χ1n) is 31.7. The minimum atomic E-state index is -4.18. The van der Waals surface area contributed by atoms with Crippen molar-refractivity contribution in [2.75, 3.05) is 0 Å². The monoisotopic (exact) mass is 839 g/mol. The second-order valence-corrected chi connectivity index (χ2v) is 17.2. The molecule has 4 heteroatoms. The van der Waals surface area contributed by atoms with Crippen LogP contribution >= 0.6 is 0 Å². The van der Waals surface area contributed by atoms with Gasteiger partial charge in [-0.05, 0) is 116 Å². The van der Waals surface area contributed by atoms with Crippen molar-refractivity contribution in [1.82, 2.24) is 14.5 Å². The van der Waals surface area contributed by atoms with Gasteiger partial charge in [-0.1, -0.05) is 167 Å². The molecule has 2 heterocycles. The molecule has 0 aliphatic rings. The Kier molecular flexibility index (Phi) is 5.94. The van der Waals surface area contributed by atoms with Crippen LogP contribution < -0.4 is 0 Å². The highest BCUT2D eigenvalue weighted by Crippen LogP contribution is 2.46. The van der Waals surface area contributed by atoms with E-state index in [4.69, 9.17) is 36.5 Å². The average molecular weight is 839 g/mol. The Hall–Kier alpha value is -6.26. The van der Waals surface area contributed by atoms with Gasteiger partial charge in [0.15, 0.2) is 0 Å². The second kappa shape index (κ2) is 16.2. The zero-order valence-electron chi connectivity index (χ0n) is 58.0. The molecule has 0 atom stereocenters. The molecule has 0 radical (unpaired) electrons. The van der Waals surface area contributed by atoms with E-state index in [0.29, 0.717) is 46.0 Å². The van der Waals surface area contributed by atoms with Crippen molar-refractivity contribution < 1.29 is 36.6 Å². The number of hydrogen-bond donors (Lipinski definition) is 1. The largest absolute Gasteiger partial charge is 0.507 e. The van der Waals surface area contributed by atoms with Crippen LogP contribution in [0, 0.1) is 5.92 Å². The third-order valence-corrected chi connectivity index (χ3v) is 10.9. The summed E-state index contributed by atoms with van der Waals surface area (Å²) in [6.07, 6.45) is 2.03. The number of nitrogens with zero attached hydrogens (tertiary/aromatic N) is 3. The summed E-state index contributed by atoms with van der Waals surface area (Å²) < 4.78 is 202. The molecule has 0 spiro atoms. The normalized spacial score (nSPS) is 19.0. The fourth-order valence-corrected chi connectivity index (χ4v) is 7.79. The number of hydrogen-bond acceptors (Lipinski definition) is 3. The average Bonchev–Trinajstić information content (AvgIpc) is 1.07. The van der Waals surface area contributed by atoms with Gasteiger partial charge in [0.1, 0.15) is 11.6 Å². The molecular formula is C58H61N3O. The summed E-state index contributed by atoms with van der Waals surface area (Å²) in [7, 11) is 0. The second-order valence-electron chi connectivity index (χ2n) is 17.2. The zero-order valence-corrected chi connectivity index (χ0v) is 35.0. The van der Waals surface area contributed by atoms with Crippen molar-refractivity contribution in [2.24, 2.45) is 5.92 Å². The third kappa shape index (κ3) is 8.48. The number of aromatic nitrogens is 3. The van der Waals surface area contributed by atoms with Gasteiger partial charge in [0.2, 0.25) is 0 Å². The van der Waals surface area contributed by atoms with Gasteiger partial charge in [0.25, 0.3) is 0 Å². The molecule has 0 unspecified atom stereocenters. The first kappa shape index (κ1) is 22.7. The van der Waals surface area contributed by atoms with E-state index in [1.807, 2.05) is 71.0 Å². The Labute approximate surface area is 401 Å². The van der Waals surface area contributed by atoms with Crippen LogP contribution in [0.2, 0.25) is 0 Å². The summed E-state index contributed by atoms with van der Waals surface area (Å²) >= 11 is 0. The van der Waals surface area contributed by atoms with Crippen LogP contribution in [0.5, 0.6) is 5.75 Å². The van der Waals surface area contributed by atoms with Crippen molar-refractivity contribution >= 4 is 11.0 Å². The van der Waals surface area contributed by atoms with Gasteiger partial charge < -0.3 is 5.11 Å². The lowest BCUT2D eigenvalue weighted by Gasteiger charge is -2.27. The maximum absolute atomic E-state index is 13.1. The molecule has 0 aliphatic carbocycles. The SMILES string of the molecule is [2H]c1c([2H])c([2H])c(-c2ccnc(-c3cc(-c4cccc5c4nc(-c4cc(C(C([2H])([2H])[2H])(C([2H])([2H])[2H])C([2H])([2H])[2H])cc(C(C([2H])([2H])[2H])(C([2H])([2H])[2H])C([2H])([2H])[2H])c4O)n5-c4ccc(CC(C)C)cc4-c4ccccc4)cc(C(C)(C)C)c3)c2)c([2H])c1[2H]. The van der Waals surface area contributed by atoms with Crippen LogP contribution in [0.15, 0.2) is 146 Å². The third-order valence-electron chi connectivity index (χ3n) is 10.9. The van der Waals surface area contributed by atoms with Gasteiger partial charge in [-0.2, -0.15) is 0 Å². The number of fused-ring (bicyclic) bond motifs is 1. The Balaban J connectivity index is 1.61. The fourth-order valence-electron chi connectivity index (χ4n) is 7.79. The van der Waals surface area contributed by atoms with E-state index in [2.05, 4.69) is 4.98 Å². The number of imidazole rings is 1. The quantitative estimate of drug-likeness (QED) is 0.166. The maximum atomic E-state index is 13.1. The molecule has 0 saturated carbocycles.